The van der Waals surface area contributed by atoms with E-state index in [9.17, 15) is 4.79 Å². The number of rotatable bonds is 6. The first kappa shape index (κ1) is 17.1. The molecule has 23 heavy (non-hydrogen) atoms. The Morgan fingerprint density at radius 1 is 1.30 bits per heavy atom. The lowest BCUT2D eigenvalue weighted by molar-refractivity contribution is -0.134. The summed E-state index contributed by atoms with van der Waals surface area (Å²) in [6.07, 6.45) is 1.70. The number of aryl methyl sites for hydroxylation is 2. The highest BCUT2D eigenvalue weighted by molar-refractivity contribution is 5.78. The van der Waals surface area contributed by atoms with Crippen LogP contribution < -0.4 is 0 Å². The SMILES string of the molecule is Cc1nc(C)n(C[C@H](C)C(=O)N(C)Cc2nncn2C(C)C)n1. The predicted molar refractivity (Wildman–Crippen MR) is 85.5 cm³/mol. The molecule has 8 nitrogen and oxygen atoms in total. The van der Waals surface area contributed by atoms with Crippen molar-refractivity contribution in [1.29, 1.82) is 0 Å². The Morgan fingerprint density at radius 2 is 2.00 bits per heavy atom. The molecule has 0 bridgehead atoms. The smallest absolute Gasteiger partial charge is 0.227 e. The molecule has 2 rings (SSSR count). The highest BCUT2D eigenvalue weighted by Gasteiger charge is 2.21. The van der Waals surface area contributed by atoms with Crippen molar-refractivity contribution in [3.8, 4) is 0 Å². The van der Waals surface area contributed by atoms with E-state index >= 15 is 0 Å². The molecule has 0 aliphatic rings. The first-order chi connectivity index (χ1) is 10.8. The van der Waals surface area contributed by atoms with Gasteiger partial charge in [0.05, 0.1) is 19.0 Å². The molecule has 2 heterocycles. The molecule has 0 radical (unpaired) electrons. The molecule has 0 aromatic carbocycles. The van der Waals surface area contributed by atoms with Gasteiger partial charge in [0.25, 0.3) is 0 Å². The van der Waals surface area contributed by atoms with Crippen LogP contribution in [0.5, 0.6) is 0 Å². The maximum Gasteiger partial charge on any atom is 0.227 e. The van der Waals surface area contributed by atoms with Crippen molar-refractivity contribution in [3.63, 3.8) is 0 Å². The third-order valence-corrected chi connectivity index (χ3v) is 3.79. The predicted octanol–water partition coefficient (Wildman–Crippen LogP) is 1.36. The molecule has 0 saturated heterocycles. The zero-order valence-corrected chi connectivity index (χ0v) is 14.7. The molecule has 1 amide bonds. The van der Waals surface area contributed by atoms with Crippen LogP contribution in [0, 0.1) is 19.8 Å². The summed E-state index contributed by atoms with van der Waals surface area (Å²) in [5.41, 5.74) is 0. The maximum atomic E-state index is 12.6. The Morgan fingerprint density at radius 3 is 2.57 bits per heavy atom. The van der Waals surface area contributed by atoms with E-state index in [1.54, 1.807) is 23.0 Å². The second kappa shape index (κ2) is 6.89. The van der Waals surface area contributed by atoms with E-state index in [0.717, 1.165) is 17.5 Å². The van der Waals surface area contributed by atoms with Crippen LogP contribution in [0.15, 0.2) is 6.33 Å². The van der Waals surface area contributed by atoms with Gasteiger partial charge in [-0.25, -0.2) is 9.67 Å². The maximum absolute atomic E-state index is 12.6. The van der Waals surface area contributed by atoms with E-state index < -0.39 is 0 Å². The molecule has 8 heteroatoms. The third-order valence-electron chi connectivity index (χ3n) is 3.79. The van der Waals surface area contributed by atoms with Crippen LogP contribution in [0.4, 0.5) is 0 Å². The van der Waals surface area contributed by atoms with Crippen LogP contribution in [0.25, 0.3) is 0 Å². The van der Waals surface area contributed by atoms with Crippen molar-refractivity contribution >= 4 is 5.91 Å². The largest absolute Gasteiger partial charge is 0.338 e. The topological polar surface area (TPSA) is 81.7 Å². The average Bonchev–Trinajstić information content (AvgIpc) is 3.04. The van der Waals surface area contributed by atoms with Crippen LogP contribution >= 0.6 is 0 Å². The Labute approximate surface area is 136 Å². The van der Waals surface area contributed by atoms with E-state index in [4.69, 9.17) is 0 Å². The minimum absolute atomic E-state index is 0.0517. The minimum atomic E-state index is -0.185. The molecule has 0 spiro atoms. The van der Waals surface area contributed by atoms with Gasteiger partial charge in [-0.3, -0.25) is 4.79 Å². The van der Waals surface area contributed by atoms with Gasteiger partial charge in [-0.15, -0.1) is 10.2 Å². The molecule has 0 saturated carbocycles. The standard InChI is InChI=1S/C15H25N7O/c1-10(2)21-9-16-18-14(21)8-20(6)15(23)11(3)7-22-13(5)17-12(4)19-22/h9-11H,7-8H2,1-6H3/t11-/m0/s1. The van der Waals surface area contributed by atoms with Crippen LogP contribution in [-0.4, -0.2) is 47.4 Å². The van der Waals surface area contributed by atoms with Gasteiger partial charge in [0.2, 0.25) is 5.91 Å². The van der Waals surface area contributed by atoms with E-state index in [2.05, 4.69) is 34.1 Å². The summed E-state index contributed by atoms with van der Waals surface area (Å²) in [6, 6.07) is 0.265. The Hall–Kier alpha value is -2.25. The molecular formula is C15H25N7O. The zero-order valence-electron chi connectivity index (χ0n) is 14.7. The van der Waals surface area contributed by atoms with Crippen LogP contribution in [0.2, 0.25) is 0 Å². The van der Waals surface area contributed by atoms with E-state index in [1.165, 1.54) is 0 Å². The summed E-state index contributed by atoms with van der Waals surface area (Å²) < 4.78 is 3.75. The summed E-state index contributed by atoms with van der Waals surface area (Å²) in [4.78, 5) is 18.5. The molecule has 126 valence electrons. The van der Waals surface area contributed by atoms with Crippen molar-refractivity contribution in [2.45, 2.75) is 53.8 Å². The van der Waals surface area contributed by atoms with E-state index in [1.807, 2.05) is 25.3 Å². The van der Waals surface area contributed by atoms with Crippen LogP contribution in [-0.2, 0) is 17.9 Å². The van der Waals surface area contributed by atoms with Gasteiger partial charge < -0.3 is 9.47 Å². The molecule has 0 fully saturated rings. The lowest BCUT2D eigenvalue weighted by Crippen LogP contribution is -2.34. The molecule has 0 N–H and O–H groups in total. The minimum Gasteiger partial charge on any atom is -0.338 e. The Kier molecular flexibility index (Phi) is 5.12. The highest BCUT2D eigenvalue weighted by atomic mass is 16.2. The number of aromatic nitrogens is 6. The first-order valence-corrected chi connectivity index (χ1v) is 7.81. The van der Waals surface area contributed by atoms with Crippen molar-refractivity contribution in [2.24, 2.45) is 5.92 Å². The normalized spacial score (nSPS) is 12.7. The molecule has 2 aromatic heterocycles. The highest BCUT2D eigenvalue weighted by Crippen LogP contribution is 2.12. The van der Waals surface area contributed by atoms with Crippen molar-refractivity contribution in [3.05, 3.63) is 23.8 Å². The number of nitrogens with zero attached hydrogens (tertiary/aromatic N) is 7. The third kappa shape index (κ3) is 3.94. The fourth-order valence-corrected chi connectivity index (χ4v) is 2.55. The Balaban J connectivity index is 2.01. The number of carbonyl (C=O) groups excluding carboxylic acids is 1. The van der Waals surface area contributed by atoms with Gasteiger partial charge in [0.15, 0.2) is 5.82 Å². The van der Waals surface area contributed by atoms with Crippen LogP contribution in [0.3, 0.4) is 0 Å². The molecule has 0 aliphatic carbocycles. The van der Waals surface area contributed by atoms with Gasteiger partial charge in [-0.1, -0.05) is 6.92 Å². The van der Waals surface area contributed by atoms with Gasteiger partial charge in [0.1, 0.15) is 18.0 Å². The fourth-order valence-electron chi connectivity index (χ4n) is 2.55. The lowest BCUT2D eigenvalue weighted by atomic mass is 10.1. The monoisotopic (exact) mass is 319 g/mol. The molecule has 1 atom stereocenters. The summed E-state index contributed by atoms with van der Waals surface area (Å²) in [7, 11) is 1.79. The van der Waals surface area contributed by atoms with Crippen molar-refractivity contribution in [2.75, 3.05) is 7.05 Å². The average molecular weight is 319 g/mol. The number of carbonyl (C=O) groups is 1. The zero-order chi connectivity index (χ0) is 17.1. The summed E-state index contributed by atoms with van der Waals surface area (Å²) in [6.45, 7) is 10.7. The molecule has 2 aromatic rings. The van der Waals surface area contributed by atoms with Gasteiger partial charge in [-0.2, -0.15) is 5.10 Å². The molecular weight excluding hydrogens is 294 g/mol. The van der Waals surface area contributed by atoms with Crippen LogP contribution in [0.1, 0.15) is 44.3 Å². The second-order valence-electron chi connectivity index (χ2n) is 6.23. The van der Waals surface area contributed by atoms with Crippen molar-refractivity contribution in [1.82, 2.24) is 34.4 Å². The van der Waals surface area contributed by atoms with Gasteiger partial charge >= 0.3 is 0 Å². The molecule has 0 unspecified atom stereocenters. The second-order valence-corrected chi connectivity index (χ2v) is 6.23. The quantitative estimate of drug-likeness (QED) is 0.803. The van der Waals surface area contributed by atoms with E-state index in [-0.39, 0.29) is 17.9 Å². The summed E-state index contributed by atoms with van der Waals surface area (Å²) in [5, 5.41) is 12.4. The first-order valence-electron chi connectivity index (χ1n) is 7.81. The molecule has 0 aliphatic heterocycles. The summed E-state index contributed by atoms with van der Waals surface area (Å²) >= 11 is 0. The number of hydrogen-bond donors (Lipinski definition) is 0. The fraction of sp³-hybridized carbons (Fsp3) is 0.667. The van der Waals surface area contributed by atoms with E-state index in [0.29, 0.717) is 13.1 Å². The number of amides is 1. The number of hydrogen-bond acceptors (Lipinski definition) is 5. The lowest BCUT2D eigenvalue weighted by Gasteiger charge is -2.22. The van der Waals surface area contributed by atoms with Gasteiger partial charge in [-0.05, 0) is 27.7 Å². The summed E-state index contributed by atoms with van der Waals surface area (Å²) in [5.74, 6) is 2.20. The van der Waals surface area contributed by atoms with Crippen molar-refractivity contribution < 1.29 is 4.79 Å². The van der Waals surface area contributed by atoms with Gasteiger partial charge in [0, 0.05) is 13.1 Å². The Bertz CT molecular complexity index is 673.